The Labute approximate surface area is 126 Å². The van der Waals surface area contributed by atoms with Crippen molar-refractivity contribution < 1.29 is 23.0 Å². The fourth-order valence-corrected chi connectivity index (χ4v) is 2.85. The van der Waals surface area contributed by atoms with Crippen molar-refractivity contribution in [1.82, 2.24) is 0 Å². The number of rotatable bonds is 0. The van der Waals surface area contributed by atoms with Gasteiger partial charge in [-0.25, -0.2) is 0 Å². The average molecular weight is 308 g/mol. The molecule has 0 bridgehead atoms. The first-order chi connectivity index (χ1) is 10.1. The van der Waals surface area contributed by atoms with Crippen molar-refractivity contribution >= 4 is 0 Å². The highest BCUT2D eigenvalue weighted by atomic mass is 19.4. The Morgan fingerprint density at radius 3 is 2.41 bits per heavy atom. The highest BCUT2D eigenvalue weighted by Crippen LogP contribution is 2.50. The second kappa shape index (κ2) is 4.41. The summed E-state index contributed by atoms with van der Waals surface area (Å²) in [5, 5.41) is 10.2. The van der Waals surface area contributed by atoms with E-state index in [1.54, 1.807) is 26.0 Å². The lowest BCUT2D eigenvalue weighted by Crippen LogP contribution is -2.30. The van der Waals surface area contributed by atoms with Crippen LogP contribution in [0.1, 0.15) is 30.5 Å². The lowest BCUT2D eigenvalue weighted by atomic mass is 9.84. The summed E-state index contributed by atoms with van der Waals surface area (Å²) in [5.41, 5.74) is 0.601. The summed E-state index contributed by atoms with van der Waals surface area (Å²) in [6, 6.07) is 6.87. The lowest BCUT2D eigenvalue weighted by molar-refractivity contribution is -0.137. The topological polar surface area (TPSA) is 29.5 Å². The molecule has 0 spiro atoms. The predicted molar refractivity (Wildman–Crippen MR) is 76.9 cm³/mol. The van der Waals surface area contributed by atoms with Crippen LogP contribution < -0.4 is 4.74 Å². The Kier molecular flexibility index (Phi) is 2.96. The first kappa shape index (κ1) is 14.8. The van der Waals surface area contributed by atoms with Crippen LogP contribution in [0.3, 0.4) is 0 Å². The van der Waals surface area contributed by atoms with Gasteiger partial charge in [-0.1, -0.05) is 6.07 Å². The van der Waals surface area contributed by atoms with E-state index in [9.17, 15) is 18.3 Å². The molecule has 0 fully saturated rings. The van der Waals surface area contributed by atoms with Gasteiger partial charge in [-0.15, -0.1) is 0 Å². The summed E-state index contributed by atoms with van der Waals surface area (Å²) in [7, 11) is 0. The number of phenols is 1. The van der Waals surface area contributed by atoms with Crippen LogP contribution in [0.5, 0.6) is 11.5 Å². The van der Waals surface area contributed by atoms with Crippen LogP contribution in [0.2, 0.25) is 0 Å². The minimum absolute atomic E-state index is 0.00603. The number of phenolic OH excluding ortho intramolecular Hbond substituents is 1. The molecule has 1 aliphatic rings. The van der Waals surface area contributed by atoms with Crippen molar-refractivity contribution in [3.63, 3.8) is 0 Å². The molecule has 1 heterocycles. The van der Waals surface area contributed by atoms with Gasteiger partial charge in [0.05, 0.1) is 11.1 Å². The van der Waals surface area contributed by atoms with Crippen molar-refractivity contribution in [3.05, 3.63) is 47.0 Å². The third-order valence-corrected chi connectivity index (χ3v) is 3.86. The predicted octanol–water partition coefficient (Wildman–Crippen LogP) is 5.01. The van der Waals surface area contributed by atoms with E-state index in [1.165, 1.54) is 6.07 Å². The lowest BCUT2D eigenvalue weighted by Gasteiger charge is -2.35. The highest BCUT2D eigenvalue weighted by Gasteiger charge is 2.38. The van der Waals surface area contributed by atoms with E-state index in [-0.39, 0.29) is 5.75 Å². The summed E-state index contributed by atoms with van der Waals surface area (Å²) < 4.78 is 44.7. The van der Waals surface area contributed by atoms with E-state index in [0.717, 1.165) is 17.7 Å². The van der Waals surface area contributed by atoms with Crippen molar-refractivity contribution in [2.75, 3.05) is 0 Å². The van der Waals surface area contributed by atoms with Crippen LogP contribution in [0.4, 0.5) is 13.2 Å². The molecule has 0 radical (unpaired) electrons. The van der Waals surface area contributed by atoms with Gasteiger partial charge in [-0.3, -0.25) is 0 Å². The van der Waals surface area contributed by atoms with Crippen LogP contribution in [-0.2, 0) is 11.8 Å². The molecular weight excluding hydrogens is 293 g/mol. The van der Waals surface area contributed by atoms with Crippen LogP contribution in [0.15, 0.2) is 30.3 Å². The molecule has 0 aromatic heterocycles. The molecule has 2 nitrogen and oxygen atoms in total. The number of aryl methyl sites for hydroxylation is 1. The molecule has 0 atom stereocenters. The first-order valence-corrected chi connectivity index (χ1v) is 6.84. The fourth-order valence-electron chi connectivity index (χ4n) is 2.85. The van der Waals surface area contributed by atoms with Crippen molar-refractivity contribution in [3.8, 4) is 22.6 Å². The molecule has 2 aromatic rings. The summed E-state index contributed by atoms with van der Waals surface area (Å²) in [5.74, 6) is 0.487. The summed E-state index contributed by atoms with van der Waals surface area (Å²) in [4.78, 5) is 0. The van der Waals surface area contributed by atoms with Gasteiger partial charge in [-0.2, -0.15) is 13.2 Å². The number of aromatic hydroxyl groups is 1. The molecule has 5 heteroatoms. The smallest absolute Gasteiger partial charge is 0.416 e. The number of alkyl halides is 3. The summed E-state index contributed by atoms with van der Waals surface area (Å²) in [6.07, 6.45) is -4.42. The van der Waals surface area contributed by atoms with Gasteiger partial charge >= 0.3 is 6.18 Å². The number of halogens is 3. The molecule has 2 aromatic carbocycles. The summed E-state index contributed by atoms with van der Waals surface area (Å²) in [6.45, 7) is 5.25. The van der Waals surface area contributed by atoms with E-state index >= 15 is 0 Å². The molecule has 1 aliphatic heterocycles. The molecule has 0 unspecified atom stereocenters. The zero-order chi connectivity index (χ0) is 16.3. The number of benzene rings is 2. The minimum Gasteiger partial charge on any atom is -0.507 e. The van der Waals surface area contributed by atoms with E-state index in [2.05, 4.69) is 0 Å². The third kappa shape index (κ3) is 2.21. The average Bonchev–Trinajstić information content (AvgIpc) is 2.35. The van der Waals surface area contributed by atoms with E-state index in [1.807, 2.05) is 6.92 Å². The number of hydrogen-bond donors (Lipinski definition) is 1. The monoisotopic (exact) mass is 308 g/mol. The van der Waals surface area contributed by atoms with Crippen molar-refractivity contribution in [2.24, 2.45) is 0 Å². The Bertz CT molecular complexity index is 761. The Morgan fingerprint density at radius 1 is 1.09 bits per heavy atom. The molecule has 0 aliphatic carbocycles. The molecule has 22 heavy (non-hydrogen) atoms. The quantitative estimate of drug-likeness (QED) is 0.741. The molecular formula is C17H15F3O2. The van der Waals surface area contributed by atoms with Gasteiger partial charge in [0.2, 0.25) is 0 Å². The Balaban J connectivity index is 2.30. The second-order valence-corrected chi connectivity index (χ2v) is 6.03. The highest BCUT2D eigenvalue weighted by molar-refractivity contribution is 5.82. The first-order valence-electron chi connectivity index (χ1n) is 6.84. The molecule has 116 valence electrons. The van der Waals surface area contributed by atoms with Gasteiger partial charge < -0.3 is 9.84 Å². The van der Waals surface area contributed by atoms with E-state index < -0.39 is 17.3 Å². The van der Waals surface area contributed by atoms with Crippen molar-refractivity contribution in [1.29, 1.82) is 0 Å². The zero-order valence-electron chi connectivity index (χ0n) is 12.4. The van der Waals surface area contributed by atoms with Crippen LogP contribution >= 0.6 is 0 Å². The SMILES string of the molecule is Cc1cc(O)c2c(c1)OC(C)(C)c1cc(C(F)(F)F)ccc1-2. The maximum atomic E-state index is 12.9. The number of fused-ring (bicyclic) bond motifs is 3. The van der Waals surface area contributed by atoms with Crippen LogP contribution in [0.25, 0.3) is 11.1 Å². The summed E-state index contributed by atoms with van der Waals surface area (Å²) >= 11 is 0. The van der Waals surface area contributed by atoms with Gasteiger partial charge in [-0.05, 0) is 56.2 Å². The van der Waals surface area contributed by atoms with Crippen LogP contribution in [0, 0.1) is 6.92 Å². The third-order valence-electron chi connectivity index (χ3n) is 3.86. The maximum Gasteiger partial charge on any atom is 0.416 e. The largest absolute Gasteiger partial charge is 0.507 e. The standard InChI is InChI=1S/C17H15F3O2/c1-9-6-13(21)15-11-5-4-10(17(18,19)20)8-12(11)16(2,3)22-14(15)7-9/h4-8,21H,1-3H3. The maximum absolute atomic E-state index is 12.9. The van der Waals surface area contributed by atoms with E-state index in [0.29, 0.717) is 22.4 Å². The van der Waals surface area contributed by atoms with Gasteiger partial charge in [0.1, 0.15) is 17.1 Å². The van der Waals surface area contributed by atoms with Gasteiger partial charge in [0, 0.05) is 5.56 Å². The number of ether oxygens (including phenoxy) is 1. The minimum atomic E-state index is -4.42. The van der Waals surface area contributed by atoms with Crippen molar-refractivity contribution in [2.45, 2.75) is 32.5 Å². The van der Waals surface area contributed by atoms with Gasteiger partial charge in [0.15, 0.2) is 0 Å². The second-order valence-electron chi connectivity index (χ2n) is 6.03. The number of hydrogen-bond acceptors (Lipinski definition) is 2. The normalized spacial score (nSPS) is 15.7. The molecule has 0 saturated carbocycles. The Hall–Kier alpha value is -2.17. The van der Waals surface area contributed by atoms with E-state index in [4.69, 9.17) is 4.74 Å². The fraction of sp³-hybridized carbons (Fsp3) is 0.294. The molecule has 0 amide bonds. The van der Waals surface area contributed by atoms with Crippen LogP contribution in [-0.4, -0.2) is 5.11 Å². The zero-order valence-corrected chi connectivity index (χ0v) is 12.4. The Morgan fingerprint density at radius 2 is 1.77 bits per heavy atom. The molecule has 3 rings (SSSR count). The molecule has 0 saturated heterocycles. The molecule has 1 N–H and O–H groups in total. The van der Waals surface area contributed by atoms with Gasteiger partial charge in [0.25, 0.3) is 0 Å².